The number of rotatable bonds is 7. The van der Waals surface area contributed by atoms with E-state index in [9.17, 15) is 15.2 Å². The van der Waals surface area contributed by atoms with Crippen LogP contribution in [0.15, 0.2) is 0 Å². The van der Waals surface area contributed by atoms with E-state index in [1.54, 1.807) is 0 Å². The quantitative estimate of drug-likeness (QED) is 0.338. The number of aliphatic hydroxyl groups excluding tert-OH is 1. The summed E-state index contributed by atoms with van der Waals surface area (Å²) >= 11 is 0. The third-order valence-electron chi connectivity index (χ3n) is 4.18. The lowest BCUT2D eigenvalue weighted by molar-refractivity contribution is -0.573. The van der Waals surface area contributed by atoms with Gasteiger partial charge in [0.25, 0.3) is 0 Å². The zero-order chi connectivity index (χ0) is 15.5. The molecule has 0 aliphatic carbocycles. The van der Waals surface area contributed by atoms with E-state index < -0.39 is 24.9 Å². The van der Waals surface area contributed by atoms with E-state index in [-0.39, 0.29) is 5.04 Å². The van der Waals surface area contributed by atoms with Crippen molar-refractivity contribution in [1.82, 2.24) is 0 Å². The summed E-state index contributed by atoms with van der Waals surface area (Å²) in [5.74, 6) is 0. The largest absolute Gasteiger partial charge is 0.417 e. The fourth-order valence-corrected chi connectivity index (χ4v) is 2.38. The summed E-state index contributed by atoms with van der Waals surface area (Å²) in [6.07, 6.45) is 0.0959. The zero-order valence-corrected chi connectivity index (χ0v) is 14.3. The van der Waals surface area contributed by atoms with Gasteiger partial charge in [-0.2, -0.15) is 0 Å². The highest BCUT2D eigenvalue weighted by atomic mass is 28.4. The lowest BCUT2D eigenvalue weighted by Crippen LogP contribution is -2.44. The van der Waals surface area contributed by atoms with E-state index in [4.69, 9.17) is 4.43 Å². The third kappa shape index (κ3) is 5.20. The van der Waals surface area contributed by atoms with Crippen LogP contribution in [0.4, 0.5) is 0 Å². The maximum absolute atomic E-state index is 10.8. The molecule has 0 aromatic rings. The second kappa shape index (κ2) is 6.32. The Bertz CT molecular complexity index is 310. The molecule has 0 aliphatic heterocycles. The Labute approximate surface area is 117 Å². The van der Waals surface area contributed by atoms with Crippen LogP contribution in [0.25, 0.3) is 0 Å². The SMILES string of the molecule is CC(C)(C(O)CCCO[Si](C)(C)C(C)(C)C)[N+](=O)[O-]. The van der Waals surface area contributed by atoms with Crippen LogP contribution in [0.2, 0.25) is 18.1 Å². The zero-order valence-electron chi connectivity index (χ0n) is 13.3. The van der Waals surface area contributed by atoms with Gasteiger partial charge in [0.05, 0.1) is 0 Å². The molecule has 0 amide bonds. The smallest absolute Gasteiger partial charge is 0.242 e. The van der Waals surface area contributed by atoms with Gasteiger partial charge in [0.1, 0.15) is 6.10 Å². The molecular formula is C13H29NO4Si. The number of aliphatic hydroxyl groups is 1. The van der Waals surface area contributed by atoms with Crippen LogP contribution in [-0.2, 0) is 4.43 Å². The van der Waals surface area contributed by atoms with Crippen molar-refractivity contribution in [2.24, 2.45) is 0 Å². The molecule has 0 saturated heterocycles. The molecule has 0 fully saturated rings. The first-order chi connectivity index (χ1) is 8.32. The molecule has 6 heteroatoms. The maximum Gasteiger partial charge on any atom is 0.242 e. The van der Waals surface area contributed by atoms with Gasteiger partial charge in [0, 0.05) is 25.4 Å². The van der Waals surface area contributed by atoms with Crippen LogP contribution in [0.3, 0.4) is 0 Å². The van der Waals surface area contributed by atoms with Crippen LogP contribution in [0.1, 0.15) is 47.5 Å². The Morgan fingerprint density at radius 1 is 1.26 bits per heavy atom. The summed E-state index contributed by atoms with van der Waals surface area (Å²) in [6.45, 7) is 14.3. The topological polar surface area (TPSA) is 72.6 Å². The predicted octanol–water partition coefficient (Wildman–Crippen LogP) is 3.20. The minimum absolute atomic E-state index is 0.158. The molecule has 19 heavy (non-hydrogen) atoms. The van der Waals surface area contributed by atoms with Crippen molar-refractivity contribution in [2.75, 3.05) is 6.61 Å². The first-order valence-corrected chi connectivity index (χ1v) is 9.69. The van der Waals surface area contributed by atoms with Crippen molar-refractivity contribution in [2.45, 2.75) is 77.2 Å². The number of hydrogen-bond donors (Lipinski definition) is 1. The highest BCUT2D eigenvalue weighted by molar-refractivity contribution is 6.74. The number of nitrogens with zero attached hydrogens (tertiary/aromatic N) is 1. The molecule has 0 radical (unpaired) electrons. The molecule has 0 aromatic carbocycles. The molecule has 0 saturated carbocycles. The van der Waals surface area contributed by atoms with Gasteiger partial charge in [-0.25, -0.2) is 0 Å². The van der Waals surface area contributed by atoms with Gasteiger partial charge in [-0.1, -0.05) is 20.8 Å². The van der Waals surface area contributed by atoms with Crippen molar-refractivity contribution < 1.29 is 14.5 Å². The summed E-state index contributed by atoms with van der Waals surface area (Å²) in [5, 5.41) is 20.8. The summed E-state index contributed by atoms with van der Waals surface area (Å²) in [5.41, 5.74) is -1.29. The molecule has 0 bridgehead atoms. The number of hydrogen-bond acceptors (Lipinski definition) is 4. The van der Waals surface area contributed by atoms with Crippen molar-refractivity contribution in [3.05, 3.63) is 10.1 Å². The lowest BCUT2D eigenvalue weighted by Gasteiger charge is -2.36. The second-order valence-corrected chi connectivity index (χ2v) is 12.0. The fourth-order valence-electron chi connectivity index (χ4n) is 1.30. The fraction of sp³-hybridized carbons (Fsp3) is 1.00. The molecule has 0 aliphatic rings. The van der Waals surface area contributed by atoms with Crippen molar-refractivity contribution in [3.8, 4) is 0 Å². The van der Waals surface area contributed by atoms with E-state index >= 15 is 0 Å². The van der Waals surface area contributed by atoms with Crippen LogP contribution < -0.4 is 0 Å². The lowest BCUT2D eigenvalue weighted by atomic mass is 9.95. The van der Waals surface area contributed by atoms with Crippen molar-refractivity contribution in [1.29, 1.82) is 0 Å². The summed E-state index contributed by atoms with van der Waals surface area (Å²) in [6, 6.07) is 0. The monoisotopic (exact) mass is 291 g/mol. The molecule has 0 heterocycles. The predicted molar refractivity (Wildman–Crippen MR) is 79.5 cm³/mol. The summed E-state index contributed by atoms with van der Waals surface area (Å²) in [7, 11) is -1.76. The van der Waals surface area contributed by atoms with Gasteiger partial charge in [-0.15, -0.1) is 0 Å². The molecule has 0 spiro atoms. The molecule has 1 N–H and O–H groups in total. The maximum atomic E-state index is 10.8. The number of nitro groups is 1. The third-order valence-corrected chi connectivity index (χ3v) is 8.72. The van der Waals surface area contributed by atoms with Gasteiger partial charge < -0.3 is 9.53 Å². The average Bonchev–Trinajstić information content (AvgIpc) is 2.22. The second-order valence-electron chi connectivity index (χ2n) is 7.18. The van der Waals surface area contributed by atoms with Gasteiger partial charge in [-0.3, -0.25) is 10.1 Å². The van der Waals surface area contributed by atoms with Crippen molar-refractivity contribution >= 4 is 8.32 Å². The van der Waals surface area contributed by atoms with Crippen LogP contribution in [0, 0.1) is 10.1 Å². The van der Waals surface area contributed by atoms with E-state index in [2.05, 4.69) is 33.9 Å². The van der Waals surface area contributed by atoms with Gasteiger partial charge in [0.2, 0.25) is 5.54 Å². The molecular weight excluding hydrogens is 262 g/mol. The standard InChI is InChI=1S/C13H29NO4Si/c1-12(2,3)19(6,7)18-10-8-9-11(15)13(4,5)14(16)17/h11,15H,8-10H2,1-7H3. The van der Waals surface area contributed by atoms with Crippen LogP contribution >= 0.6 is 0 Å². The first kappa shape index (κ1) is 18.5. The Balaban J connectivity index is 4.17. The Hall–Kier alpha value is -0.463. The molecule has 114 valence electrons. The van der Waals surface area contributed by atoms with E-state index in [1.165, 1.54) is 13.8 Å². The van der Waals surface area contributed by atoms with Gasteiger partial charge in [0.15, 0.2) is 8.32 Å². The molecule has 5 nitrogen and oxygen atoms in total. The van der Waals surface area contributed by atoms with Gasteiger partial charge >= 0.3 is 0 Å². The van der Waals surface area contributed by atoms with E-state index in [1.807, 2.05) is 0 Å². The molecule has 0 aromatic heterocycles. The average molecular weight is 291 g/mol. The van der Waals surface area contributed by atoms with Crippen LogP contribution in [0.5, 0.6) is 0 Å². The minimum atomic E-state index is -1.76. The summed E-state index contributed by atoms with van der Waals surface area (Å²) in [4.78, 5) is 10.4. The highest BCUT2D eigenvalue weighted by Gasteiger charge is 2.40. The molecule has 1 atom stereocenters. The minimum Gasteiger partial charge on any atom is -0.417 e. The Kier molecular flexibility index (Phi) is 6.17. The highest BCUT2D eigenvalue weighted by Crippen LogP contribution is 2.36. The Morgan fingerprint density at radius 3 is 2.11 bits per heavy atom. The normalized spacial score (nSPS) is 15.4. The first-order valence-electron chi connectivity index (χ1n) is 6.79. The summed E-state index contributed by atoms with van der Waals surface area (Å²) < 4.78 is 5.98. The van der Waals surface area contributed by atoms with Crippen LogP contribution in [-0.4, -0.2) is 36.6 Å². The molecule has 1 unspecified atom stereocenters. The van der Waals surface area contributed by atoms with Crippen molar-refractivity contribution in [3.63, 3.8) is 0 Å². The van der Waals surface area contributed by atoms with E-state index in [0.717, 1.165) is 0 Å². The molecule has 0 rings (SSSR count). The van der Waals surface area contributed by atoms with E-state index in [0.29, 0.717) is 19.4 Å². The van der Waals surface area contributed by atoms with Gasteiger partial charge in [-0.05, 0) is 31.0 Å². The Morgan fingerprint density at radius 2 is 1.74 bits per heavy atom.